The number of para-hydroxylation sites is 1. The maximum absolute atomic E-state index is 10.9. The lowest BCUT2D eigenvalue weighted by Gasteiger charge is -2.03. The van der Waals surface area contributed by atoms with Crippen LogP contribution in [0.3, 0.4) is 0 Å². The first-order chi connectivity index (χ1) is 6.27. The van der Waals surface area contributed by atoms with Crippen molar-refractivity contribution in [1.82, 2.24) is 0 Å². The third-order valence-corrected chi connectivity index (χ3v) is 1.78. The van der Waals surface area contributed by atoms with Gasteiger partial charge < -0.3 is 9.03 Å². The first-order valence-electron chi connectivity index (χ1n) is 3.71. The molecule has 0 aromatic heterocycles. The van der Waals surface area contributed by atoms with Crippen LogP contribution in [0, 0.1) is 0 Å². The van der Waals surface area contributed by atoms with E-state index in [0.717, 1.165) is 0 Å². The summed E-state index contributed by atoms with van der Waals surface area (Å²) >= 11 is 5.21. The molecule has 0 heterocycles. The Bertz CT molecular complexity index is 299. The molecule has 0 fully saturated rings. The van der Waals surface area contributed by atoms with E-state index < -0.39 is 0 Å². The van der Waals surface area contributed by atoms with Crippen molar-refractivity contribution in [2.75, 3.05) is 7.11 Å². The maximum atomic E-state index is 10.9. The van der Waals surface area contributed by atoms with Crippen molar-refractivity contribution in [3.05, 3.63) is 29.8 Å². The van der Waals surface area contributed by atoms with E-state index >= 15 is 0 Å². The Labute approximate surface area is 81.4 Å². The second-order valence-corrected chi connectivity index (χ2v) is 2.59. The third-order valence-electron chi connectivity index (χ3n) is 1.62. The quantitative estimate of drug-likeness (QED) is 0.700. The standard InChI is InChI=1S/C9H9ClO3/c1-12-9(11)6-7-4-2-3-5-8(7)13-10/h2-5H,6H2,1H3. The highest BCUT2D eigenvalue weighted by Crippen LogP contribution is 2.19. The van der Waals surface area contributed by atoms with Gasteiger partial charge in [-0.15, -0.1) is 0 Å². The van der Waals surface area contributed by atoms with Crippen LogP contribution in [0.25, 0.3) is 0 Å². The normalized spacial score (nSPS) is 9.38. The lowest BCUT2D eigenvalue weighted by molar-refractivity contribution is -0.139. The van der Waals surface area contributed by atoms with Gasteiger partial charge in [0.2, 0.25) is 0 Å². The number of ether oxygens (including phenoxy) is 1. The van der Waals surface area contributed by atoms with Crippen LogP contribution in [0.5, 0.6) is 5.75 Å². The van der Waals surface area contributed by atoms with Crippen molar-refractivity contribution >= 4 is 17.8 Å². The molecule has 0 aliphatic rings. The van der Waals surface area contributed by atoms with Gasteiger partial charge >= 0.3 is 5.97 Å². The monoisotopic (exact) mass is 200 g/mol. The van der Waals surface area contributed by atoms with Crippen LogP contribution in [0.15, 0.2) is 24.3 Å². The van der Waals surface area contributed by atoms with Gasteiger partial charge in [-0.2, -0.15) is 0 Å². The zero-order chi connectivity index (χ0) is 9.68. The molecule has 0 spiro atoms. The number of benzene rings is 1. The van der Waals surface area contributed by atoms with E-state index in [2.05, 4.69) is 9.03 Å². The van der Waals surface area contributed by atoms with Gasteiger partial charge in [0.15, 0.2) is 0 Å². The van der Waals surface area contributed by atoms with Gasteiger partial charge in [0, 0.05) is 5.56 Å². The van der Waals surface area contributed by atoms with Crippen LogP contribution >= 0.6 is 11.9 Å². The average molecular weight is 201 g/mol. The summed E-state index contributed by atoms with van der Waals surface area (Å²) < 4.78 is 9.07. The highest BCUT2D eigenvalue weighted by molar-refractivity contribution is 6.09. The van der Waals surface area contributed by atoms with Crippen molar-refractivity contribution < 1.29 is 13.8 Å². The summed E-state index contributed by atoms with van der Waals surface area (Å²) in [7, 11) is 1.34. The predicted octanol–water partition coefficient (Wildman–Crippen LogP) is 1.93. The minimum absolute atomic E-state index is 0.166. The predicted molar refractivity (Wildman–Crippen MR) is 48.6 cm³/mol. The van der Waals surface area contributed by atoms with Crippen LogP contribution in [0.1, 0.15) is 5.56 Å². The van der Waals surface area contributed by atoms with E-state index in [9.17, 15) is 4.79 Å². The van der Waals surface area contributed by atoms with Crippen LogP contribution in [0.4, 0.5) is 0 Å². The highest BCUT2D eigenvalue weighted by Gasteiger charge is 2.07. The van der Waals surface area contributed by atoms with Gasteiger partial charge in [-0.1, -0.05) is 18.2 Å². The summed E-state index contributed by atoms with van der Waals surface area (Å²) in [5, 5.41) is 0. The van der Waals surface area contributed by atoms with Gasteiger partial charge in [-0.05, 0) is 6.07 Å². The second-order valence-electron chi connectivity index (χ2n) is 2.44. The first-order valence-corrected chi connectivity index (χ1v) is 4.02. The molecule has 1 rings (SSSR count). The number of carbonyl (C=O) groups excluding carboxylic acids is 1. The zero-order valence-corrected chi connectivity index (χ0v) is 7.88. The molecule has 1 aromatic rings. The Kier molecular flexibility index (Phi) is 3.58. The van der Waals surface area contributed by atoms with E-state index in [0.29, 0.717) is 11.3 Å². The molecule has 4 heteroatoms. The topological polar surface area (TPSA) is 35.5 Å². The molecule has 0 saturated heterocycles. The molecule has 0 saturated carbocycles. The van der Waals surface area contributed by atoms with Crippen molar-refractivity contribution in [3.63, 3.8) is 0 Å². The number of methoxy groups -OCH3 is 1. The molecule has 70 valence electrons. The number of rotatable bonds is 3. The Morgan fingerprint density at radius 1 is 1.46 bits per heavy atom. The number of hydrogen-bond donors (Lipinski definition) is 0. The summed E-state index contributed by atoms with van der Waals surface area (Å²) in [6.07, 6.45) is 0.166. The molecule has 0 radical (unpaired) electrons. The summed E-state index contributed by atoms with van der Waals surface area (Å²) in [4.78, 5) is 10.9. The summed E-state index contributed by atoms with van der Waals surface area (Å²) in [5.41, 5.74) is 0.712. The number of hydrogen-bond acceptors (Lipinski definition) is 3. The van der Waals surface area contributed by atoms with Crippen LogP contribution in [-0.4, -0.2) is 13.1 Å². The van der Waals surface area contributed by atoms with Gasteiger partial charge in [0.1, 0.15) is 17.6 Å². The number of esters is 1. The molecule has 0 aliphatic carbocycles. The molecular formula is C9H9ClO3. The van der Waals surface area contributed by atoms with E-state index in [4.69, 9.17) is 11.9 Å². The van der Waals surface area contributed by atoms with Crippen molar-refractivity contribution in [1.29, 1.82) is 0 Å². The zero-order valence-electron chi connectivity index (χ0n) is 7.12. The second kappa shape index (κ2) is 4.72. The molecule has 3 nitrogen and oxygen atoms in total. The highest BCUT2D eigenvalue weighted by atomic mass is 35.5. The van der Waals surface area contributed by atoms with Crippen molar-refractivity contribution in [2.45, 2.75) is 6.42 Å². The van der Waals surface area contributed by atoms with Crippen LogP contribution in [0.2, 0.25) is 0 Å². The minimum atomic E-state index is -0.318. The van der Waals surface area contributed by atoms with E-state index in [1.54, 1.807) is 24.3 Å². The van der Waals surface area contributed by atoms with E-state index in [-0.39, 0.29) is 12.4 Å². The minimum Gasteiger partial charge on any atom is -0.469 e. The molecule has 0 aliphatic heterocycles. The number of carbonyl (C=O) groups is 1. The first kappa shape index (κ1) is 9.86. The summed E-state index contributed by atoms with van der Waals surface area (Å²) in [6, 6.07) is 7.02. The third kappa shape index (κ3) is 2.63. The van der Waals surface area contributed by atoms with Gasteiger partial charge in [0.05, 0.1) is 13.5 Å². The molecule has 0 unspecified atom stereocenters. The Hall–Kier alpha value is -1.22. The van der Waals surface area contributed by atoms with Crippen molar-refractivity contribution in [2.24, 2.45) is 0 Å². The lowest BCUT2D eigenvalue weighted by Crippen LogP contribution is -2.04. The van der Waals surface area contributed by atoms with Crippen LogP contribution in [-0.2, 0) is 16.0 Å². The fourth-order valence-electron chi connectivity index (χ4n) is 0.953. The van der Waals surface area contributed by atoms with Gasteiger partial charge in [-0.25, -0.2) is 0 Å². The fraction of sp³-hybridized carbons (Fsp3) is 0.222. The van der Waals surface area contributed by atoms with Gasteiger partial charge in [-0.3, -0.25) is 4.79 Å². The Morgan fingerprint density at radius 3 is 2.77 bits per heavy atom. The largest absolute Gasteiger partial charge is 0.469 e. The average Bonchev–Trinajstić information content (AvgIpc) is 2.18. The fourth-order valence-corrected chi connectivity index (χ4v) is 1.10. The molecule has 1 aromatic carbocycles. The smallest absolute Gasteiger partial charge is 0.310 e. The summed E-state index contributed by atoms with van der Waals surface area (Å²) in [6.45, 7) is 0. The number of halogens is 1. The Morgan fingerprint density at radius 2 is 2.15 bits per heavy atom. The SMILES string of the molecule is COC(=O)Cc1ccccc1OCl. The van der Waals surface area contributed by atoms with Crippen LogP contribution < -0.4 is 4.29 Å². The van der Waals surface area contributed by atoms with Gasteiger partial charge in [0.25, 0.3) is 0 Å². The van der Waals surface area contributed by atoms with E-state index in [1.165, 1.54) is 7.11 Å². The molecule has 0 bridgehead atoms. The molecule has 13 heavy (non-hydrogen) atoms. The molecular weight excluding hydrogens is 192 g/mol. The molecule has 0 atom stereocenters. The maximum Gasteiger partial charge on any atom is 0.310 e. The van der Waals surface area contributed by atoms with E-state index in [1.807, 2.05) is 0 Å². The lowest BCUT2D eigenvalue weighted by atomic mass is 10.1. The molecule has 0 amide bonds. The van der Waals surface area contributed by atoms with Crippen molar-refractivity contribution in [3.8, 4) is 5.75 Å². The summed E-state index contributed by atoms with van der Waals surface area (Å²) in [5.74, 6) is 0.163. The molecule has 0 N–H and O–H groups in total. The Balaban J connectivity index is 2.81.